The second kappa shape index (κ2) is 4.91. The van der Waals surface area contributed by atoms with Crippen molar-refractivity contribution in [3.8, 4) is 0 Å². The number of hydrogen-bond acceptors (Lipinski definition) is 5. The first kappa shape index (κ1) is 13.6. The fraction of sp³-hybridized carbons (Fsp3) is 1.00. The lowest BCUT2D eigenvalue weighted by Gasteiger charge is -2.12. The van der Waals surface area contributed by atoms with Gasteiger partial charge in [-0.2, -0.15) is 21.6 Å². The summed E-state index contributed by atoms with van der Waals surface area (Å²) in [4.78, 5) is 0. The highest BCUT2D eigenvalue weighted by Gasteiger charge is 2.27. The predicted octanol–water partition coefficient (Wildman–Crippen LogP) is -0.174. The van der Waals surface area contributed by atoms with E-state index < -0.39 is 35.7 Å². The molecule has 0 rings (SSSR count). The molecule has 0 bridgehead atoms. The highest BCUT2D eigenvalue weighted by atomic mass is 32.2. The summed E-state index contributed by atoms with van der Waals surface area (Å²) in [7, 11) is -3.78. The number of rotatable bonds is 5. The van der Waals surface area contributed by atoms with E-state index in [1.165, 1.54) is 0 Å². The van der Waals surface area contributed by atoms with Gasteiger partial charge in [0.05, 0.1) is 12.9 Å². The molecule has 14 heavy (non-hydrogen) atoms. The Hall–Kier alpha value is -0.380. The largest absolute Gasteiger partial charge is 0.411 e. The molecule has 0 fully saturated rings. The van der Waals surface area contributed by atoms with Crippen molar-refractivity contribution in [2.45, 2.75) is 12.4 Å². The summed E-state index contributed by atoms with van der Waals surface area (Å²) in [6, 6.07) is 0. The summed E-state index contributed by atoms with van der Waals surface area (Å²) in [5.41, 5.74) is 5.00. The van der Waals surface area contributed by atoms with E-state index in [-0.39, 0.29) is 0 Å². The Balaban J connectivity index is 3.71. The molecule has 0 aromatic rings. The van der Waals surface area contributed by atoms with Gasteiger partial charge < -0.3 is 10.5 Å². The van der Waals surface area contributed by atoms with Crippen molar-refractivity contribution in [3.05, 3.63) is 0 Å². The lowest BCUT2D eigenvalue weighted by atomic mass is 10.6. The van der Waals surface area contributed by atoms with Gasteiger partial charge >= 0.3 is 6.18 Å². The number of ether oxygens (including phenoxy) is 1. The standard InChI is InChI=1S/C5H10F3NO4S/c1-14(10,11)13-4(9)2-12-3-5(6,7)8/h4H,2-3,9H2,1H3. The quantitative estimate of drug-likeness (QED) is 0.530. The fourth-order valence-corrected chi connectivity index (χ4v) is 1.05. The maximum atomic E-state index is 11.5. The van der Waals surface area contributed by atoms with Crippen LogP contribution in [0.4, 0.5) is 13.2 Å². The molecule has 1 unspecified atom stereocenters. The van der Waals surface area contributed by atoms with Crippen molar-refractivity contribution >= 4 is 10.1 Å². The molecular formula is C5H10F3NO4S. The second-order valence-corrected chi connectivity index (χ2v) is 4.07. The van der Waals surface area contributed by atoms with Gasteiger partial charge in [-0.15, -0.1) is 0 Å². The van der Waals surface area contributed by atoms with Crippen LogP contribution in [-0.2, 0) is 19.0 Å². The van der Waals surface area contributed by atoms with Crippen molar-refractivity contribution < 1.29 is 30.5 Å². The van der Waals surface area contributed by atoms with E-state index in [4.69, 9.17) is 5.73 Å². The molecule has 1 atom stereocenters. The van der Waals surface area contributed by atoms with Crippen LogP contribution in [0.15, 0.2) is 0 Å². The summed E-state index contributed by atoms with van der Waals surface area (Å²) >= 11 is 0. The van der Waals surface area contributed by atoms with Gasteiger partial charge in [-0.1, -0.05) is 0 Å². The van der Waals surface area contributed by atoms with Crippen LogP contribution in [0, 0.1) is 0 Å². The van der Waals surface area contributed by atoms with Gasteiger partial charge in [0.15, 0.2) is 0 Å². The third-order valence-corrected chi connectivity index (χ3v) is 1.44. The number of hydrogen-bond donors (Lipinski definition) is 1. The van der Waals surface area contributed by atoms with Gasteiger partial charge in [0.25, 0.3) is 10.1 Å². The van der Waals surface area contributed by atoms with Gasteiger partial charge in [-0.25, -0.2) is 4.18 Å². The molecule has 0 radical (unpaired) electrons. The summed E-state index contributed by atoms with van der Waals surface area (Å²) in [5, 5.41) is 0. The zero-order valence-electron chi connectivity index (χ0n) is 7.24. The Labute approximate surface area is 79.1 Å². The molecule has 0 aliphatic heterocycles. The molecule has 0 aliphatic rings. The molecule has 0 aromatic heterocycles. The minimum atomic E-state index is -4.47. The number of alkyl halides is 3. The number of halogens is 3. The molecule has 0 amide bonds. The van der Waals surface area contributed by atoms with Crippen LogP contribution in [-0.4, -0.2) is 40.3 Å². The van der Waals surface area contributed by atoms with E-state index in [0.29, 0.717) is 0 Å². The highest BCUT2D eigenvalue weighted by Crippen LogP contribution is 2.14. The number of nitrogens with two attached hydrogens (primary N) is 1. The first-order chi connectivity index (χ1) is 6.10. The summed E-state index contributed by atoms with van der Waals surface area (Å²) in [5.74, 6) is 0. The summed E-state index contributed by atoms with van der Waals surface area (Å²) in [6.45, 7) is -2.14. The van der Waals surface area contributed by atoms with E-state index in [1.54, 1.807) is 0 Å². The van der Waals surface area contributed by atoms with Gasteiger partial charge in [0.1, 0.15) is 12.8 Å². The molecule has 0 saturated heterocycles. The Morgan fingerprint density at radius 1 is 1.43 bits per heavy atom. The van der Waals surface area contributed by atoms with E-state index in [1.807, 2.05) is 0 Å². The van der Waals surface area contributed by atoms with Crippen LogP contribution in [0.1, 0.15) is 0 Å². The van der Waals surface area contributed by atoms with Crippen molar-refractivity contribution in [1.82, 2.24) is 0 Å². The van der Waals surface area contributed by atoms with Crippen LogP contribution >= 0.6 is 0 Å². The van der Waals surface area contributed by atoms with Gasteiger partial charge in [0, 0.05) is 0 Å². The molecule has 5 nitrogen and oxygen atoms in total. The lowest BCUT2D eigenvalue weighted by Crippen LogP contribution is -2.33. The topological polar surface area (TPSA) is 78.6 Å². The SMILES string of the molecule is CS(=O)(=O)OC(N)COCC(F)(F)F. The normalized spacial score (nSPS) is 15.5. The maximum absolute atomic E-state index is 11.5. The van der Waals surface area contributed by atoms with Crippen LogP contribution in [0.5, 0.6) is 0 Å². The van der Waals surface area contributed by atoms with Crippen molar-refractivity contribution in [2.24, 2.45) is 5.73 Å². The Bertz CT molecular complexity index is 263. The van der Waals surface area contributed by atoms with Crippen LogP contribution in [0.25, 0.3) is 0 Å². The predicted molar refractivity (Wildman–Crippen MR) is 40.8 cm³/mol. The zero-order valence-corrected chi connectivity index (χ0v) is 8.06. The van der Waals surface area contributed by atoms with E-state index in [9.17, 15) is 21.6 Å². The first-order valence-electron chi connectivity index (χ1n) is 3.38. The molecule has 86 valence electrons. The van der Waals surface area contributed by atoms with Crippen LogP contribution in [0.2, 0.25) is 0 Å². The van der Waals surface area contributed by atoms with Gasteiger partial charge in [-0.05, 0) is 0 Å². The van der Waals surface area contributed by atoms with E-state index in [2.05, 4.69) is 8.92 Å². The minimum Gasteiger partial charge on any atom is -0.368 e. The lowest BCUT2D eigenvalue weighted by molar-refractivity contribution is -0.177. The minimum absolute atomic E-state index is 0.646. The molecule has 2 N–H and O–H groups in total. The third kappa shape index (κ3) is 9.71. The smallest absolute Gasteiger partial charge is 0.368 e. The average molecular weight is 237 g/mol. The monoisotopic (exact) mass is 237 g/mol. The van der Waals surface area contributed by atoms with Gasteiger partial charge in [-0.3, -0.25) is 0 Å². The second-order valence-electron chi connectivity index (χ2n) is 2.47. The molecule has 0 aromatic carbocycles. The van der Waals surface area contributed by atoms with Gasteiger partial charge in [0.2, 0.25) is 0 Å². The molecule has 0 saturated carbocycles. The van der Waals surface area contributed by atoms with E-state index >= 15 is 0 Å². The Kier molecular flexibility index (Phi) is 4.78. The van der Waals surface area contributed by atoms with Crippen molar-refractivity contribution in [2.75, 3.05) is 19.5 Å². The first-order valence-corrected chi connectivity index (χ1v) is 5.20. The zero-order chi connectivity index (χ0) is 11.4. The maximum Gasteiger partial charge on any atom is 0.411 e. The summed E-state index contributed by atoms with van der Waals surface area (Å²) < 4.78 is 63.6. The van der Waals surface area contributed by atoms with E-state index in [0.717, 1.165) is 6.26 Å². The van der Waals surface area contributed by atoms with Crippen molar-refractivity contribution in [1.29, 1.82) is 0 Å². The van der Waals surface area contributed by atoms with Crippen molar-refractivity contribution in [3.63, 3.8) is 0 Å². The third-order valence-electron chi connectivity index (χ3n) is 0.846. The highest BCUT2D eigenvalue weighted by molar-refractivity contribution is 7.86. The molecule has 0 spiro atoms. The molecule has 0 aliphatic carbocycles. The van der Waals surface area contributed by atoms with Crippen LogP contribution < -0.4 is 5.73 Å². The molecular weight excluding hydrogens is 227 g/mol. The molecule has 9 heteroatoms. The Morgan fingerprint density at radius 2 is 1.93 bits per heavy atom. The Morgan fingerprint density at radius 3 is 2.29 bits per heavy atom. The fourth-order valence-electron chi connectivity index (χ4n) is 0.543. The molecule has 0 heterocycles. The summed E-state index contributed by atoms with van der Waals surface area (Å²) in [6.07, 6.45) is -5.16. The average Bonchev–Trinajstić information content (AvgIpc) is 1.78. The van der Waals surface area contributed by atoms with Crippen LogP contribution in [0.3, 0.4) is 0 Å².